The van der Waals surface area contributed by atoms with Gasteiger partial charge in [0.2, 0.25) is 0 Å². The van der Waals surface area contributed by atoms with Gasteiger partial charge in [0, 0.05) is 0 Å². The van der Waals surface area contributed by atoms with Gasteiger partial charge < -0.3 is 0 Å². The van der Waals surface area contributed by atoms with Crippen LogP contribution in [-0.2, 0) is 21.1 Å². The van der Waals surface area contributed by atoms with E-state index in [0.717, 1.165) is 0 Å². The van der Waals surface area contributed by atoms with Gasteiger partial charge in [-0.3, -0.25) is 0 Å². The van der Waals surface area contributed by atoms with Crippen molar-refractivity contribution in [2.24, 2.45) is 0 Å². The molecule has 0 N–H and O–H groups in total. The van der Waals surface area contributed by atoms with E-state index in [1.807, 2.05) is 0 Å². The van der Waals surface area contributed by atoms with Crippen molar-refractivity contribution < 1.29 is 35.6 Å². The van der Waals surface area contributed by atoms with Gasteiger partial charge in [-0.2, -0.15) is 0 Å². The third kappa shape index (κ3) is 3.65. The van der Waals surface area contributed by atoms with Crippen LogP contribution >= 0.6 is 0 Å². The predicted octanol–water partition coefficient (Wildman–Crippen LogP) is 9.26. The molecule has 7 rings (SSSR count). The SMILES string of the molecule is CC1=C2c3ccccc3[CH]1[Zr]([O]c1ccc(F)cc1)([O]c1ccc(F)cc1)[CH]1C(C)=C(c3ccccc31)[Si]2(C)C. The van der Waals surface area contributed by atoms with Crippen molar-refractivity contribution in [3.63, 3.8) is 0 Å². The van der Waals surface area contributed by atoms with E-state index in [0.29, 0.717) is 11.5 Å². The summed E-state index contributed by atoms with van der Waals surface area (Å²) >= 11 is -4.62. The topological polar surface area (TPSA) is 18.5 Å². The van der Waals surface area contributed by atoms with Crippen LogP contribution in [0.25, 0.3) is 10.4 Å². The van der Waals surface area contributed by atoms with Crippen molar-refractivity contribution in [2.45, 2.75) is 34.2 Å². The number of halogens is 2. The molecule has 4 bridgehead atoms. The molecule has 0 amide bonds. The number of allylic oxidation sites excluding steroid dienone is 2. The van der Waals surface area contributed by atoms with Crippen molar-refractivity contribution in [3.05, 3.63) is 142 Å². The Morgan fingerprint density at radius 1 is 0.575 bits per heavy atom. The Morgan fingerprint density at radius 2 is 0.950 bits per heavy atom. The summed E-state index contributed by atoms with van der Waals surface area (Å²) in [4.78, 5) is 0. The Labute approximate surface area is 240 Å². The molecule has 0 saturated carbocycles. The van der Waals surface area contributed by atoms with E-state index in [-0.39, 0.29) is 18.9 Å². The molecule has 200 valence electrons. The summed E-state index contributed by atoms with van der Waals surface area (Å²) < 4.78 is 42.7. The fourth-order valence-corrected chi connectivity index (χ4v) is 24.4. The number of fused-ring (bicyclic) bond motifs is 8. The Kier molecular flexibility index (Phi) is 5.96. The summed E-state index contributed by atoms with van der Waals surface area (Å²) in [6.07, 6.45) is 0. The Balaban J connectivity index is 1.59. The molecule has 2 aliphatic carbocycles. The molecule has 4 aromatic carbocycles. The monoisotopic (exact) mass is 626 g/mol. The fourth-order valence-electron chi connectivity index (χ4n) is 7.75. The molecule has 2 nitrogen and oxygen atoms in total. The zero-order valence-corrected chi connectivity index (χ0v) is 26.4. The molecule has 1 aliphatic heterocycles. The molecule has 2 unspecified atom stereocenters. The van der Waals surface area contributed by atoms with E-state index in [4.69, 9.17) is 5.63 Å². The minimum atomic E-state index is -4.62. The Morgan fingerprint density at radius 3 is 1.35 bits per heavy atom. The van der Waals surface area contributed by atoms with E-state index in [1.54, 1.807) is 24.3 Å². The first-order chi connectivity index (χ1) is 19.2. The predicted molar refractivity (Wildman–Crippen MR) is 155 cm³/mol. The molecule has 6 heteroatoms. The van der Waals surface area contributed by atoms with Crippen molar-refractivity contribution in [2.75, 3.05) is 0 Å². The van der Waals surface area contributed by atoms with Crippen LogP contribution in [0.4, 0.5) is 8.78 Å². The molecule has 2 atom stereocenters. The van der Waals surface area contributed by atoms with Crippen molar-refractivity contribution in [3.8, 4) is 11.5 Å². The number of hydrogen-bond donors (Lipinski definition) is 0. The molecule has 4 aromatic rings. The number of hydrogen-bond acceptors (Lipinski definition) is 2. The average molecular weight is 628 g/mol. The van der Waals surface area contributed by atoms with E-state index in [2.05, 4.69) is 75.5 Å². The van der Waals surface area contributed by atoms with Gasteiger partial charge in [0.1, 0.15) is 0 Å². The van der Waals surface area contributed by atoms with E-state index in [9.17, 15) is 8.78 Å². The molecule has 0 radical (unpaired) electrons. The first kappa shape index (κ1) is 25.9. The van der Waals surface area contributed by atoms with Crippen molar-refractivity contribution >= 4 is 18.5 Å². The van der Waals surface area contributed by atoms with Gasteiger partial charge in [-0.1, -0.05) is 0 Å². The average Bonchev–Trinajstić information content (AvgIpc) is 3.42. The second-order valence-corrected chi connectivity index (χ2v) is 23.3. The number of benzene rings is 4. The van der Waals surface area contributed by atoms with Crippen LogP contribution < -0.4 is 5.63 Å². The van der Waals surface area contributed by atoms with Gasteiger partial charge >= 0.3 is 242 Å². The van der Waals surface area contributed by atoms with Gasteiger partial charge in [-0.25, -0.2) is 0 Å². The quantitative estimate of drug-likeness (QED) is 0.210. The van der Waals surface area contributed by atoms with E-state index in [1.165, 1.54) is 68.1 Å². The second kappa shape index (κ2) is 9.22. The van der Waals surface area contributed by atoms with Crippen LogP contribution in [0.15, 0.2) is 108 Å². The van der Waals surface area contributed by atoms with Crippen molar-refractivity contribution in [1.82, 2.24) is 0 Å². The molecule has 0 fully saturated rings. The molecular formula is C34H30F2O2SiZr. The Hall–Kier alpha value is -3.08. The summed E-state index contributed by atoms with van der Waals surface area (Å²) in [6.45, 7) is 9.50. The van der Waals surface area contributed by atoms with E-state index < -0.39 is 29.2 Å². The van der Waals surface area contributed by atoms with Crippen LogP contribution in [0.1, 0.15) is 43.4 Å². The summed E-state index contributed by atoms with van der Waals surface area (Å²) in [7, 11) is -2.16. The Bertz CT molecular complexity index is 1600. The van der Waals surface area contributed by atoms with Gasteiger partial charge in [-0.15, -0.1) is 0 Å². The molecule has 3 aliphatic rings. The molecule has 0 saturated heterocycles. The second-order valence-electron chi connectivity index (χ2n) is 11.6. The van der Waals surface area contributed by atoms with Crippen molar-refractivity contribution in [1.29, 1.82) is 0 Å². The molecule has 1 heterocycles. The van der Waals surface area contributed by atoms with Gasteiger partial charge in [-0.05, 0) is 0 Å². The van der Waals surface area contributed by atoms with Crippen LogP contribution in [0.5, 0.6) is 11.5 Å². The third-order valence-corrected chi connectivity index (χ3v) is 23.1. The zero-order valence-electron chi connectivity index (χ0n) is 23.0. The molecule has 0 aromatic heterocycles. The first-order valence-corrected chi connectivity index (χ1v) is 21.6. The van der Waals surface area contributed by atoms with Crippen LogP contribution in [-0.4, -0.2) is 8.07 Å². The summed E-state index contributed by atoms with van der Waals surface area (Å²) in [5, 5.41) is 2.92. The van der Waals surface area contributed by atoms with Gasteiger partial charge in [0.15, 0.2) is 0 Å². The first-order valence-electron chi connectivity index (χ1n) is 13.7. The van der Waals surface area contributed by atoms with Crippen LogP contribution in [0, 0.1) is 11.6 Å². The molecular weight excluding hydrogens is 598 g/mol. The normalized spacial score (nSPS) is 21.4. The van der Waals surface area contributed by atoms with Gasteiger partial charge in [0.25, 0.3) is 0 Å². The fraction of sp³-hybridized carbons (Fsp3) is 0.176. The summed E-state index contributed by atoms with van der Waals surface area (Å²) in [5.74, 6) is 0.592. The van der Waals surface area contributed by atoms with Crippen LogP contribution in [0.2, 0.25) is 13.1 Å². The third-order valence-electron chi connectivity index (χ3n) is 8.97. The minimum absolute atomic E-state index is 0.0463. The van der Waals surface area contributed by atoms with E-state index >= 15 is 0 Å². The molecule has 40 heavy (non-hydrogen) atoms. The van der Waals surface area contributed by atoms with Crippen LogP contribution in [0.3, 0.4) is 0 Å². The maximum absolute atomic E-state index is 14.1. The van der Waals surface area contributed by atoms with Gasteiger partial charge in [0.05, 0.1) is 0 Å². The maximum atomic E-state index is 14.1. The zero-order chi connectivity index (χ0) is 27.8. The number of rotatable bonds is 4. The summed E-state index contributed by atoms with van der Waals surface area (Å²) in [6, 6.07) is 30.1. The standard InChI is InChI=1S/C22H22Si.2C6H5FO.Zr/c1-15-13-17-9-5-7-11-19(17)21(15)23(3,4)22-16(2)14-18-10-6-8-12-20(18)22;2*7-5-1-3-6(8)4-2-5;/h5-14H,1-4H3;2*1-4,8H;/q;;;+2/p-2. The summed E-state index contributed by atoms with van der Waals surface area (Å²) in [5.41, 5.74) is 7.79. The molecule has 0 spiro atoms.